The molecule has 0 saturated carbocycles. The average molecular weight is 375 g/mol. The zero-order valence-electron chi connectivity index (χ0n) is 16.7. The summed E-state index contributed by atoms with van der Waals surface area (Å²) in [5, 5.41) is 8.66. The zero-order valence-corrected chi connectivity index (χ0v) is 16.7. The van der Waals surface area contributed by atoms with E-state index < -0.39 is 0 Å². The lowest BCUT2D eigenvalue weighted by atomic mass is 9.90. The Bertz CT molecular complexity index is 645. The molecule has 1 N–H and O–H groups in total. The number of nitrogens with zero attached hydrogens (tertiary/aromatic N) is 3. The van der Waals surface area contributed by atoms with Crippen molar-refractivity contribution in [2.24, 2.45) is 0 Å². The van der Waals surface area contributed by atoms with Crippen molar-refractivity contribution in [3.63, 3.8) is 0 Å². The molecule has 2 saturated heterocycles. The molecule has 3 heterocycles. The number of piperidine rings is 1. The molecule has 1 unspecified atom stereocenters. The lowest BCUT2D eigenvalue weighted by Crippen LogP contribution is -2.44. The van der Waals surface area contributed by atoms with Crippen molar-refractivity contribution in [1.82, 2.24) is 20.0 Å². The summed E-state index contributed by atoms with van der Waals surface area (Å²) >= 11 is 0. The molecule has 1 atom stereocenters. The minimum absolute atomic E-state index is 0.160. The van der Waals surface area contributed by atoms with Crippen LogP contribution in [0.1, 0.15) is 73.6 Å². The van der Waals surface area contributed by atoms with Gasteiger partial charge < -0.3 is 15.0 Å². The van der Waals surface area contributed by atoms with Gasteiger partial charge in [-0.05, 0) is 57.8 Å². The average Bonchev–Trinajstić information content (AvgIpc) is 3.07. The summed E-state index contributed by atoms with van der Waals surface area (Å²) in [4.78, 5) is 15.2. The molecule has 2 fully saturated rings. The number of fused-ring (bicyclic) bond motifs is 1. The van der Waals surface area contributed by atoms with Crippen LogP contribution in [-0.4, -0.2) is 59.0 Å². The largest absolute Gasteiger partial charge is 0.381 e. The van der Waals surface area contributed by atoms with Crippen molar-refractivity contribution in [1.29, 1.82) is 0 Å². The Labute approximate surface area is 162 Å². The Morgan fingerprint density at radius 1 is 1.15 bits per heavy atom. The second-order valence-corrected chi connectivity index (χ2v) is 8.34. The standard InChI is InChI=1S/C21H34N4O2/c1-2-10-25-19-7-6-17(22-16-8-13-27-14-9-16)15-18(19)20(23-25)21(26)24-11-4-3-5-12-24/h16-17,22H,2-15H2,1H3. The first-order valence-corrected chi connectivity index (χ1v) is 11.0. The van der Waals surface area contributed by atoms with E-state index in [1.54, 1.807) is 0 Å². The molecule has 150 valence electrons. The Morgan fingerprint density at radius 2 is 1.93 bits per heavy atom. The summed E-state index contributed by atoms with van der Waals surface area (Å²) in [7, 11) is 0. The summed E-state index contributed by atoms with van der Waals surface area (Å²) in [6.45, 7) is 6.59. The van der Waals surface area contributed by atoms with Gasteiger partial charge in [0.15, 0.2) is 5.69 Å². The molecule has 4 rings (SSSR count). The highest BCUT2D eigenvalue weighted by Crippen LogP contribution is 2.27. The van der Waals surface area contributed by atoms with Crippen LogP contribution in [0.3, 0.4) is 0 Å². The molecule has 3 aliphatic rings. The first-order chi connectivity index (χ1) is 13.3. The van der Waals surface area contributed by atoms with Crippen LogP contribution in [0.2, 0.25) is 0 Å². The van der Waals surface area contributed by atoms with E-state index in [0.29, 0.717) is 12.1 Å². The second-order valence-electron chi connectivity index (χ2n) is 8.34. The van der Waals surface area contributed by atoms with Gasteiger partial charge in [0.1, 0.15) is 0 Å². The first-order valence-electron chi connectivity index (χ1n) is 11.0. The van der Waals surface area contributed by atoms with Gasteiger partial charge >= 0.3 is 0 Å². The Morgan fingerprint density at radius 3 is 2.67 bits per heavy atom. The normalized spacial score (nSPS) is 24.0. The summed E-state index contributed by atoms with van der Waals surface area (Å²) in [6.07, 6.45) is 9.82. The SMILES string of the molecule is CCCn1nc(C(=O)N2CCCCC2)c2c1CCC(NC1CCOCC1)C2. The highest BCUT2D eigenvalue weighted by atomic mass is 16.5. The fraction of sp³-hybridized carbons (Fsp3) is 0.810. The van der Waals surface area contributed by atoms with Gasteiger partial charge in [0.2, 0.25) is 0 Å². The highest BCUT2D eigenvalue weighted by Gasteiger charge is 2.32. The third-order valence-corrected chi connectivity index (χ3v) is 6.32. The number of hydrogen-bond acceptors (Lipinski definition) is 4. The van der Waals surface area contributed by atoms with Crippen LogP contribution in [0.25, 0.3) is 0 Å². The second kappa shape index (κ2) is 8.74. The number of rotatable bonds is 5. The van der Waals surface area contributed by atoms with Crippen molar-refractivity contribution in [3.8, 4) is 0 Å². The number of carbonyl (C=O) groups is 1. The maximum Gasteiger partial charge on any atom is 0.274 e. The van der Waals surface area contributed by atoms with Crippen LogP contribution < -0.4 is 5.32 Å². The number of aryl methyl sites for hydroxylation is 1. The van der Waals surface area contributed by atoms with E-state index in [1.165, 1.54) is 17.7 Å². The predicted octanol–water partition coefficient (Wildman–Crippen LogP) is 2.55. The predicted molar refractivity (Wildman–Crippen MR) is 105 cm³/mol. The van der Waals surface area contributed by atoms with Crippen molar-refractivity contribution in [2.45, 2.75) is 83.3 Å². The maximum absolute atomic E-state index is 13.2. The fourth-order valence-corrected chi connectivity index (χ4v) is 4.84. The molecule has 6 heteroatoms. The molecule has 0 aromatic carbocycles. The molecule has 1 amide bonds. The molecular weight excluding hydrogens is 340 g/mol. The monoisotopic (exact) mass is 374 g/mol. The van der Waals surface area contributed by atoms with E-state index in [4.69, 9.17) is 9.84 Å². The van der Waals surface area contributed by atoms with Crippen LogP contribution in [0.4, 0.5) is 0 Å². The number of amides is 1. The Balaban J connectivity index is 1.53. The third kappa shape index (κ3) is 4.21. The van der Waals surface area contributed by atoms with Gasteiger partial charge in [-0.25, -0.2) is 0 Å². The van der Waals surface area contributed by atoms with Gasteiger partial charge in [-0.15, -0.1) is 0 Å². The lowest BCUT2D eigenvalue weighted by molar-refractivity contribution is 0.0715. The van der Waals surface area contributed by atoms with Gasteiger partial charge in [-0.3, -0.25) is 9.48 Å². The molecule has 6 nitrogen and oxygen atoms in total. The minimum atomic E-state index is 0.160. The summed E-state index contributed by atoms with van der Waals surface area (Å²) in [5.74, 6) is 0.160. The van der Waals surface area contributed by atoms with Crippen molar-refractivity contribution < 1.29 is 9.53 Å². The maximum atomic E-state index is 13.2. The Hall–Kier alpha value is -1.40. The van der Waals surface area contributed by atoms with Gasteiger partial charge in [0, 0.05) is 56.2 Å². The molecular formula is C21H34N4O2. The number of aromatic nitrogens is 2. The van der Waals surface area contributed by atoms with Crippen LogP contribution in [0, 0.1) is 0 Å². The summed E-state index contributed by atoms with van der Waals surface area (Å²) in [5.41, 5.74) is 3.26. The molecule has 1 aliphatic carbocycles. The topological polar surface area (TPSA) is 59.4 Å². The molecule has 27 heavy (non-hydrogen) atoms. The van der Waals surface area contributed by atoms with E-state index in [-0.39, 0.29) is 5.91 Å². The van der Waals surface area contributed by atoms with Crippen LogP contribution in [0.5, 0.6) is 0 Å². The minimum Gasteiger partial charge on any atom is -0.381 e. The number of nitrogens with one attached hydrogen (secondary N) is 1. The van der Waals surface area contributed by atoms with Gasteiger partial charge in [-0.1, -0.05) is 6.92 Å². The molecule has 1 aromatic heterocycles. The van der Waals surface area contributed by atoms with Crippen LogP contribution >= 0.6 is 0 Å². The van der Waals surface area contributed by atoms with Crippen LogP contribution in [0.15, 0.2) is 0 Å². The molecule has 0 spiro atoms. The first kappa shape index (κ1) is 18.9. The van der Waals surface area contributed by atoms with Crippen molar-refractivity contribution >= 4 is 5.91 Å². The smallest absolute Gasteiger partial charge is 0.274 e. The number of ether oxygens (including phenoxy) is 1. The third-order valence-electron chi connectivity index (χ3n) is 6.32. The number of hydrogen-bond donors (Lipinski definition) is 1. The van der Waals surface area contributed by atoms with E-state index in [9.17, 15) is 4.79 Å². The van der Waals surface area contributed by atoms with Crippen molar-refractivity contribution in [2.75, 3.05) is 26.3 Å². The zero-order chi connectivity index (χ0) is 18.6. The van der Waals surface area contributed by atoms with E-state index >= 15 is 0 Å². The number of carbonyl (C=O) groups excluding carboxylic acids is 1. The molecule has 0 bridgehead atoms. The van der Waals surface area contributed by atoms with E-state index in [1.807, 2.05) is 4.90 Å². The van der Waals surface area contributed by atoms with Gasteiger partial charge in [-0.2, -0.15) is 5.10 Å². The molecule has 2 aliphatic heterocycles. The highest BCUT2D eigenvalue weighted by molar-refractivity contribution is 5.94. The lowest BCUT2D eigenvalue weighted by Gasteiger charge is -2.31. The molecule has 0 radical (unpaired) electrons. The van der Waals surface area contributed by atoms with E-state index in [0.717, 1.165) is 89.9 Å². The van der Waals surface area contributed by atoms with Crippen molar-refractivity contribution in [3.05, 3.63) is 17.0 Å². The van der Waals surface area contributed by atoms with Gasteiger partial charge in [0.05, 0.1) is 0 Å². The quantitative estimate of drug-likeness (QED) is 0.860. The van der Waals surface area contributed by atoms with Crippen LogP contribution in [-0.2, 0) is 24.1 Å². The summed E-state index contributed by atoms with van der Waals surface area (Å²) < 4.78 is 7.61. The molecule has 1 aromatic rings. The van der Waals surface area contributed by atoms with E-state index in [2.05, 4.69) is 16.9 Å². The summed E-state index contributed by atoms with van der Waals surface area (Å²) in [6, 6.07) is 1.00. The number of likely N-dealkylation sites (tertiary alicyclic amines) is 1. The van der Waals surface area contributed by atoms with Gasteiger partial charge in [0.25, 0.3) is 5.91 Å². The Kier molecular flexibility index (Phi) is 6.13. The fourth-order valence-electron chi connectivity index (χ4n) is 4.84.